The first-order valence-corrected chi connectivity index (χ1v) is 19.2. The zero-order valence-corrected chi connectivity index (χ0v) is 30.8. The Hall–Kier alpha value is -7.69. The molecule has 0 unspecified atom stereocenters. The second kappa shape index (κ2) is 13.6. The van der Waals surface area contributed by atoms with Gasteiger partial charge in [0, 0.05) is 27.5 Å². The molecule has 266 valence electrons. The number of para-hydroxylation sites is 1. The molecule has 9 aromatic carbocycles. The molecular weight excluding hydrogens is 695 g/mol. The van der Waals surface area contributed by atoms with Gasteiger partial charge in [0.1, 0.15) is 11.2 Å². The number of rotatable bonds is 6. The van der Waals surface area contributed by atoms with Crippen LogP contribution in [0.15, 0.2) is 205 Å². The summed E-state index contributed by atoms with van der Waals surface area (Å²) >= 11 is 0. The summed E-state index contributed by atoms with van der Waals surface area (Å²) in [5.74, 6) is 1.90. The van der Waals surface area contributed by atoms with Gasteiger partial charge in [0.25, 0.3) is 0 Å². The molecule has 0 radical (unpaired) electrons. The Bertz CT molecular complexity index is 3310. The Morgan fingerprint density at radius 3 is 1.58 bits per heavy atom. The lowest BCUT2D eigenvalue weighted by atomic mass is 9.95. The van der Waals surface area contributed by atoms with E-state index < -0.39 is 0 Å². The Morgan fingerprint density at radius 1 is 0.281 bits per heavy atom. The van der Waals surface area contributed by atoms with Crippen LogP contribution in [-0.2, 0) is 0 Å². The van der Waals surface area contributed by atoms with Crippen LogP contribution in [0.25, 0.3) is 111 Å². The maximum atomic E-state index is 6.19. The molecular formula is C53H33N3O. The number of aromatic nitrogens is 3. The minimum Gasteiger partial charge on any atom is -0.456 e. The van der Waals surface area contributed by atoms with E-state index in [9.17, 15) is 0 Å². The van der Waals surface area contributed by atoms with Crippen molar-refractivity contribution >= 4 is 43.5 Å². The molecule has 4 nitrogen and oxygen atoms in total. The molecule has 2 aromatic heterocycles. The molecule has 0 aliphatic carbocycles. The van der Waals surface area contributed by atoms with E-state index in [4.69, 9.17) is 19.4 Å². The molecule has 0 atom stereocenters. The largest absolute Gasteiger partial charge is 0.456 e. The molecule has 2 heterocycles. The van der Waals surface area contributed by atoms with Crippen molar-refractivity contribution in [3.63, 3.8) is 0 Å². The first-order chi connectivity index (χ1) is 28.2. The maximum Gasteiger partial charge on any atom is 0.164 e. The van der Waals surface area contributed by atoms with Crippen LogP contribution in [0, 0.1) is 0 Å². The molecule has 0 N–H and O–H groups in total. The average molecular weight is 728 g/mol. The Labute approximate surface area is 329 Å². The van der Waals surface area contributed by atoms with Crippen molar-refractivity contribution in [2.75, 3.05) is 0 Å². The van der Waals surface area contributed by atoms with Gasteiger partial charge in [-0.3, -0.25) is 0 Å². The van der Waals surface area contributed by atoms with Gasteiger partial charge in [0.15, 0.2) is 17.5 Å². The molecule has 11 aromatic rings. The summed E-state index contributed by atoms with van der Waals surface area (Å²) in [5.41, 5.74) is 11.4. The van der Waals surface area contributed by atoms with Crippen LogP contribution in [0.3, 0.4) is 0 Å². The van der Waals surface area contributed by atoms with Crippen molar-refractivity contribution in [3.8, 4) is 67.5 Å². The first kappa shape index (κ1) is 32.7. The lowest BCUT2D eigenvalue weighted by molar-refractivity contribution is 0.669. The summed E-state index contributed by atoms with van der Waals surface area (Å²) in [7, 11) is 0. The summed E-state index contributed by atoms with van der Waals surface area (Å²) in [4.78, 5) is 15.4. The number of furan rings is 1. The predicted molar refractivity (Wildman–Crippen MR) is 235 cm³/mol. The van der Waals surface area contributed by atoms with Crippen LogP contribution in [0.5, 0.6) is 0 Å². The smallest absolute Gasteiger partial charge is 0.164 e. The van der Waals surface area contributed by atoms with Gasteiger partial charge in [-0.05, 0) is 91.3 Å². The van der Waals surface area contributed by atoms with E-state index in [1.807, 2.05) is 24.3 Å². The van der Waals surface area contributed by atoms with Gasteiger partial charge in [-0.1, -0.05) is 164 Å². The van der Waals surface area contributed by atoms with E-state index in [-0.39, 0.29) is 0 Å². The average Bonchev–Trinajstić information content (AvgIpc) is 3.68. The maximum absolute atomic E-state index is 6.19. The second-order valence-electron chi connectivity index (χ2n) is 14.4. The standard InChI is InChI=1S/C53H33N3O/c1-2-12-34(13-3-1)36-16-8-18-42(32-36)51-54-52(56-53(55-51)46-23-10-15-35-14-4-5-20-44(35)46)43-19-9-17-37(33-43)38-26-27-40-31-41(29-28-39(40)30-38)45-22-11-25-49-50(45)47-21-6-7-24-48(47)57-49/h1-33H. The van der Waals surface area contributed by atoms with Crippen molar-refractivity contribution in [2.45, 2.75) is 0 Å². The van der Waals surface area contributed by atoms with Gasteiger partial charge in [-0.2, -0.15) is 0 Å². The number of hydrogen-bond acceptors (Lipinski definition) is 4. The van der Waals surface area contributed by atoms with Crippen LogP contribution < -0.4 is 0 Å². The van der Waals surface area contributed by atoms with Crippen LogP contribution >= 0.6 is 0 Å². The van der Waals surface area contributed by atoms with Crippen LogP contribution in [0.1, 0.15) is 0 Å². The third-order valence-corrected chi connectivity index (χ3v) is 10.9. The Balaban J connectivity index is 1.000. The number of benzene rings is 9. The zero-order chi connectivity index (χ0) is 37.7. The van der Waals surface area contributed by atoms with E-state index >= 15 is 0 Å². The van der Waals surface area contributed by atoms with Crippen molar-refractivity contribution in [3.05, 3.63) is 200 Å². The van der Waals surface area contributed by atoms with E-state index in [0.717, 1.165) is 77.2 Å². The third kappa shape index (κ3) is 5.92. The molecule has 0 saturated carbocycles. The van der Waals surface area contributed by atoms with Crippen molar-refractivity contribution in [1.29, 1.82) is 0 Å². The Morgan fingerprint density at radius 2 is 0.789 bits per heavy atom. The van der Waals surface area contributed by atoms with E-state index in [1.54, 1.807) is 0 Å². The summed E-state index contributed by atoms with van der Waals surface area (Å²) in [6.07, 6.45) is 0. The highest BCUT2D eigenvalue weighted by Gasteiger charge is 2.16. The highest BCUT2D eigenvalue weighted by molar-refractivity contribution is 6.13. The highest BCUT2D eigenvalue weighted by Crippen LogP contribution is 2.38. The molecule has 0 bridgehead atoms. The molecule has 0 aliphatic rings. The van der Waals surface area contributed by atoms with Gasteiger partial charge < -0.3 is 4.42 Å². The summed E-state index contributed by atoms with van der Waals surface area (Å²) in [6, 6.07) is 70.0. The fourth-order valence-electron chi connectivity index (χ4n) is 8.09. The van der Waals surface area contributed by atoms with Crippen molar-refractivity contribution in [1.82, 2.24) is 15.0 Å². The minimum atomic E-state index is 0.626. The normalized spacial score (nSPS) is 11.5. The van der Waals surface area contributed by atoms with E-state index in [2.05, 4.69) is 176 Å². The SMILES string of the molecule is c1ccc(-c2cccc(-c3nc(-c4cccc(-c5ccc6cc(-c7cccc8oc9ccccc9c78)ccc6c5)c4)nc(-c4cccc5ccccc45)n3)c2)cc1. The van der Waals surface area contributed by atoms with Crippen LogP contribution in [-0.4, -0.2) is 15.0 Å². The second-order valence-corrected chi connectivity index (χ2v) is 14.4. The number of hydrogen-bond donors (Lipinski definition) is 0. The topological polar surface area (TPSA) is 51.8 Å². The van der Waals surface area contributed by atoms with E-state index in [0.29, 0.717) is 17.5 Å². The quantitative estimate of drug-likeness (QED) is 0.171. The molecule has 0 spiro atoms. The number of fused-ring (bicyclic) bond motifs is 5. The fourth-order valence-corrected chi connectivity index (χ4v) is 8.09. The van der Waals surface area contributed by atoms with Crippen LogP contribution in [0.4, 0.5) is 0 Å². The van der Waals surface area contributed by atoms with Gasteiger partial charge in [0.2, 0.25) is 0 Å². The predicted octanol–water partition coefficient (Wildman–Crippen LogP) is 14.1. The van der Waals surface area contributed by atoms with Gasteiger partial charge in [-0.25, -0.2) is 15.0 Å². The molecule has 57 heavy (non-hydrogen) atoms. The fraction of sp³-hybridized carbons (Fsp3) is 0. The zero-order valence-electron chi connectivity index (χ0n) is 30.8. The van der Waals surface area contributed by atoms with Crippen molar-refractivity contribution in [2.24, 2.45) is 0 Å². The van der Waals surface area contributed by atoms with E-state index in [1.165, 1.54) is 16.3 Å². The lowest BCUT2D eigenvalue weighted by Crippen LogP contribution is -2.01. The molecule has 11 rings (SSSR count). The molecule has 0 fully saturated rings. The summed E-state index contributed by atoms with van der Waals surface area (Å²) in [5, 5.41) is 6.87. The first-order valence-electron chi connectivity index (χ1n) is 19.2. The number of nitrogens with zero attached hydrogens (tertiary/aromatic N) is 3. The van der Waals surface area contributed by atoms with Gasteiger partial charge >= 0.3 is 0 Å². The third-order valence-electron chi connectivity index (χ3n) is 10.9. The Kier molecular flexibility index (Phi) is 7.78. The molecule has 0 amide bonds. The van der Waals surface area contributed by atoms with Gasteiger partial charge in [0.05, 0.1) is 0 Å². The van der Waals surface area contributed by atoms with Crippen molar-refractivity contribution < 1.29 is 4.42 Å². The minimum absolute atomic E-state index is 0.626. The summed E-state index contributed by atoms with van der Waals surface area (Å²) < 4.78 is 6.19. The molecule has 4 heteroatoms. The molecule has 0 aliphatic heterocycles. The summed E-state index contributed by atoms with van der Waals surface area (Å²) in [6.45, 7) is 0. The van der Waals surface area contributed by atoms with Gasteiger partial charge in [-0.15, -0.1) is 0 Å². The monoisotopic (exact) mass is 727 g/mol. The lowest BCUT2D eigenvalue weighted by Gasteiger charge is -2.12. The highest BCUT2D eigenvalue weighted by atomic mass is 16.3. The molecule has 0 saturated heterocycles. The van der Waals surface area contributed by atoms with Crippen LogP contribution in [0.2, 0.25) is 0 Å².